The number of fused-ring (bicyclic) bond motifs is 1. The minimum atomic E-state index is -0.0942. The zero-order chi connectivity index (χ0) is 11.8. The molecular weight excluding hydrogens is 218 g/mol. The summed E-state index contributed by atoms with van der Waals surface area (Å²) in [4.78, 5) is 14.1. The summed E-state index contributed by atoms with van der Waals surface area (Å²) in [5.74, 6) is 0.789. The first-order valence-electron chi connectivity index (χ1n) is 5.61. The Labute approximate surface area is 98.2 Å². The molecule has 0 bridgehead atoms. The summed E-state index contributed by atoms with van der Waals surface area (Å²) >= 11 is 0. The average Bonchev–Trinajstić information content (AvgIpc) is 3.13. The Morgan fingerprint density at radius 2 is 2.24 bits per heavy atom. The first kappa shape index (κ1) is 10.4. The number of H-pyrrole nitrogens is 1. The number of hydrogen-bond donors (Lipinski definition) is 1. The summed E-state index contributed by atoms with van der Waals surface area (Å²) in [6, 6.07) is 7.19. The Hall–Kier alpha value is -1.81. The molecule has 0 spiro atoms. The van der Waals surface area contributed by atoms with E-state index in [4.69, 9.17) is 9.47 Å². The SMILES string of the molecule is Cc1ccc(OCC2CO2)c2ccc(=O)[nH]c12. The van der Waals surface area contributed by atoms with Gasteiger partial charge in [0.15, 0.2) is 0 Å². The molecule has 0 radical (unpaired) electrons. The lowest BCUT2D eigenvalue weighted by atomic mass is 10.1. The Balaban J connectivity index is 2.05. The van der Waals surface area contributed by atoms with Crippen molar-refractivity contribution in [2.24, 2.45) is 0 Å². The van der Waals surface area contributed by atoms with Gasteiger partial charge in [-0.1, -0.05) is 6.07 Å². The third-order valence-corrected chi connectivity index (χ3v) is 2.89. The second-order valence-electron chi connectivity index (χ2n) is 4.26. The Morgan fingerprint density at radius 1 is 1.41 bits per heavy atom. The highest BCUT2D eigenvalue weighted by molar-refractivity contribution is 5.87. The van der Waals surface area contributed by atoms with Crippen molar-refractivity contribution in [3.63, 3.8) is 0 Å². The molecule has 1 atom stereocenters. The summed E-state index contributed by atoms with van der Waals surface area (Å²) in [7, 11) is 0. The number of aromatic amines is 1. The minimum Gasteiger partial charge on any atom is -0.490 e. The topological polar surface area (TPSA) is 54.6 Å². The van der Waals surface area contributed by atoms with Gasteiger partial charge in [0.1, 0.15) is 18.5 Å². The molecule has 1 aliphatic rings. The number of hydrogen-bond acceptors (Lipinski definition) is 3. The van der Waals surface area contributed by atoms with Gasteiger partial charge in [-0.2, -0.15) is 0 Å². The van der Waals surface area contributed by atoms with Crippen LogP contribution in [0.15, 0.2) is 29.1 Å². The first-order chi connectivity index (χ1) is 8.24. The lowest BCUT2D eigenvalue weighted by molar-refractivity contribution is 0.265. The third kappa shape index (κ3) is 2.03. The maximum absolute atomic E-state index is 11.3. The van der Waals surface area contributed by atoms with Crippen molar-refractivity contribution in [1.29, 1.82) is 0 Å². The van der Waals surface area contributed by atoms with E-state index in [-0.39, 0.29) is 11.7 Å². The van der Waals surface area contributed by atoms with Crippen LogP contribution in [-0.2, 0) is 4.74 Å². The number of benzene rings is 1. The molecule has 4 nitrogen and oxygen atoms in total. The number of nitrogens with one attached hydrogen (secondary N) is 1. The largest absolute Gasteiger partial charge is 0.490 e. The van der Waals surface area contributed by atoms with Gasteiger partial charge in [0.2, 0.25) is 5.56 Å². The molecule has 0 amide bonds. The summed E-state index contributed by atoms with van der Waals surface area (Å²) in [5, 5.41) is 0.935. The van der Waals surface area contributed by atoms with Gasteiger partial charge in [0.25, 0.3) is 0 Å². The molecule has 1 unspecified atom stereocenters. The number of aryl methyl sites for hydroxylation is 1. The predicted molar refractivity (Wildman–Crippen MR) is 64.5 cm³/mol. The van der Waals surface area contributed by atoms with E-state index < -0.39 is 0 Å². The molecular formula is C13H13NO3. The van der Waals surface area contributed by atoms with Gasteiger partial charge in [0.05, 0.1) is 12.1 Å². The molecule has 0 saturated carbocycles. The highest BCUT2D eigenvalue weighted by Crippen LogP contribution is 2.26. The Bertz CT molecular complexity index is 614. The van der Waals surface area contributed by atoms with E-state index in [0.29, 0.717) is 6.61 Å². The lowest BCUT2D eigenvalue weighted by Crippen LogP contribution is -2.07. The lowest BCUT2D eigenvalue weighted by Gasteiger charge is -2.09. The average molecular weight is 231 g/mol. The van der Waals surface area contributed by atoms with Crippen LogP contribution in [0.2, 0.25) is 0 Å². The number of aromatic nitrogens is 1. The molecule has 1 fully saturated rings. The van der Waals surface area contributed by atoms with Crippen molar-refractivity contribution in [2.45, 2.75) is 13.0 Å². The van der Waals surface area contributed by atoms with Gasteiger partial charge in [-0.3, -0.25) is 4.79 Å². The van der Waals surface area contributed by atoms with Gasteiger partial charge in [0, 0.05) is 11.5 Å². The van der Waals surface area contributed by atoms with Crippen LogP contribution in [0.25, 0.3) is 10.9 Å². The second-order valence-corrected chi connectivity index (χ2v) is 4.26. The molecule has 1 aromatic carbocycles. The zero-order valence-electron chi connectivity index (χ0n) is 9.53. The summed E-state index contributed by atoms with van der Waals surface area (Å²) < 4.78 is 10.8. The van der Waals surface area contributed by atoms with Crippen molar-refractivity contribution >= 4 is 10.9 Å². The van der Waals surface area contributed by atoms with Gasteiger partial charge >= 0.3 is 0 Å². The molecule has 0 aliphatic carbocycles. The van der Waals surface area contributed by atoms with Crippen LogP contribution >= 0.6 is 0 Å². The molecule has 2 heterocycles. The van der Waals surface area contributed by atoms with E-state index >= 15 is 0 Å². The van der Waals surface area contributed by atoms with E-state index in [1.54, 1.807) is 6.07 Å². The van der Waals surface area contributed by atoms with Crippen molar-refractivity contribution in [1.82, 2.24) is 4.98 Å². The Kier molecular flexibility index (Phi) is 2.37. The molecule has 1 saturated heterocycles. The summed E-state index contributed by atoms with van der Waals surface area (Å²) in [6.07, 6.45) is 0.231. The second kappa shape index (κ2) is 3.89. The fourth-order valence-corrected chi connectivity index (χ4v) is 1.84. The van der Waals surface area contributed by atoms with Crippen molar-refractivity contribution in [3.8, 4) is 5.75 Å². The number of epoxide rings is 1. The van der Waals surface area contributed by atoms with Crippen LogP contribution in [0.3, 0.4) is 0 Å². The van der Waals surface area contributed by atoms with Gasteiger partial charge < -0.3 is 14.5 Å². The smallest absolute Gasteiger partial charge is 0.248 e. The molecule has 17 heavy (non-hydrogen) atoms. The standard InChI is InChI=1S/C13H13NO3/c1-8-2-4-11(17-7-9-6-16-9)10-3-5-12(15)14-13(8)10/h2-5,9H,6-7H2,1H3,(H,14,15). The van der Waals surface area contributed by atoms with Crippen LogP contribution in [0, 0.1) is 6.92 Å². The van der Waals surface area contributed by atoms with Crippen LogP contribution in [0.5, 0.6) is 5.75 Å². The molecule has 3 rings (SSSR count). The van der Waals surface area contributed by atoms with E-state index in [1.807, 2.05) is 19.1 Å². The van der Waals surface area contributed by atoms with Crippen molar-refractivity contribution in [2.75, 3.05) is 13.2 Å². The van der Waals surface area contributed by atoms with E-state index in [1.165, 1.54) is 6.07 Å². The first-order valence-corrected chi connectivity index (χ1v) is 5.61. The van der Waals surface area contributed by atoms with Gasteiger partial charge in [-0.15, -0.1) is 0 Å². The molecule has 2 aromatic rings. The third-order valence-electron chi connectivity index (χ3n) is 2.89. The Morgan fingerprint density at radius 3 is 3.00 bits per heavy atom. The van der Waals surface area contributed by atoms with E-state index in [2.05, 4.69) is 4.98 Å². The number of rotatable bonds is 3. The molecule has 1 aliphatic heterocycles. The van der Waals surface area contributed by atoms with Gasteiger partial charge in [-0.05, 0) is 24.6 Å². The van der Waals surface area contributed by atoms with Crippen LogP contribution in [0.1, 0.15) is 5.56 Å². The van der Waals surface area contributed by atoms with E-state index in [0.717, 1.165) is 28.8 Å². The number of pyridine rings is 1. The number of ether oxygens (including phenoxy) is 2. The van der Waals surface area contributed by atoms with Crippen LogP contribution in [0.4, 0.5) is 0 Å². The maximum atomic E-state index is 11.3. The summed E-state index contributed by atoms with van der Waals surface area (Å²) in [6.45, 7) is 3.31. The summed E-state index contributed by atoms with van der Waals surface area (Å²) in [5.41, 5.74) is 1.78. The van der Waals surface area contributed by atoms with Crippen molar-refractivity contribution in [3.05, 3.63) is 40.2 Å². The van der Waals surface area contributed by atoms with Gasteiger partial charge in [-0.25, -0.2) is 0 Å². The molecule has 4 heteroatoms. The zero-order valence-corrected chi connectivity index (χ0v) is 9.53. The molecule has 88 valence electrons. The maximum Gasteiger partial charge on any atom is 0.248 e. The molecule has 1 aromatic heterocycles. The normalized spacial score (nSPS) is 18.3. The monoisotopic (exact) mass is 231 g/mol. The minimum absolute atomic E-state index is 0.0942. The molecule has 1 N–H and O–H groups in total. The van der Waals surface area contributed by atoms with Crippen LogP contribution < -0.4 is 10.3 Å². The quantitative estimate of drug-likeness (QED) is 0.816. The fourth-order valence-electron chi connectivity index (χ4n) is 1.84. The fraction of sp³-hybridized carbons (Fsp3) is 0.308. The van der Waals surface area contributed by atoms with Crippen molar-refractivity contribution < 1.29 is 9.47 Å². The highest BCUT2D eigenvalue weighted by Gasteiger charge is 2.23. The highest BCUT2D eigenvalue weighted by atomic mass is 16.6. The van der Waals surface area contributed by atoms with Crippen LogP contribution in [-0.4, -0.2) is 24.3 Å². The van der Waals surface area contributed by atoms with E-state index in [9.17, 15) is 4.79 Å². The predicted octanol–water partition coefficient (Wildman–Crippen LogP) is 1.61.